The summed E-state index contributed by atoms with van der Waals surface area (Å²) in [7, 11) is 1.64. The number of aliphatic hydroxyl groups is 1. The summed E-state index contributed by atoms with van der Waals surface area (Å²) in [5.41, 5.74) is 0.723. The maximum absolute atomic E-state index is 12.5. The zero-order valence-corrected chi connectivity index (χ0v) is 13.9. The number of carbonyl (C=O) groups is 1. The highest BCUT2D eigenvalue weighted by Gasteiger charge is 2.33. The molecule has 1 aliphatic rings. The van der Waals surface area contributed by atoms with Crippen LogP contribution in [0.15, 0.2) is 24.3 Å². The first kappa shape index (κ1) is 16.0. The van der Waals surface area contributed by atoms with Gasteiger partial charge in [-0.05, 0) is 31.9 Å². The van der Waals surface area contributed by atoms with Gasteiger partial charge in [-0.1, -0.05) is 23.7 Å². The van der Waals surface area contributed by atoms with E-state index in [-0.39, 0.29) is 24.4 Å². The quantitative estimate of drug-likeness (QED) is 0.910. The number of nitrogens with zero attached hydrogens (tertiary/aromatic N) is 4. The third-order valence-corrected chi connectivity index (χ3v) is 4.41. The zero-order chi connectivity index (χ0) is 16.6. The average Bonchev–Trinajstić information content (AvgIpc) is 3.32. The molecule has 7 heteroatoms. The van der Waals surface area contributed by atoms with Crippen LogP contribution in [0.4, 0.5) is 0 Å². The van der Waals surface area contributed by atoms with Crippen LogP contribution >= 0.6 is 11.6 Å². The molecule has 1 heterocycles. The average molecular weight is 335 g/mol. The molecular formula is C16H19ClN4O2. The second-order valence-electron chi connectivity index (χ2n) is 5.88. The Kier molecular flexibility index (Phi) is 4.37. The molecule has 0 radical (unpaired) electrons. The molecule has 0 bridgehead atoms. The second-order valence-corrected chi connectivity index (χ2v) is 6.29. The van der Waals surface area contributed by atoms with Gasteiger partial charge in [0, 0.05) is 13.0 Å². The van der Waals surface area contributed by atoms with Crippen LogP contribution in [0.5, 0.6) is 0 Å². The van der Waals surface area contributed by atoms with Gasteiger partial charge in [-0.15, -0.1) is 5.10 Å². The van der Waals surface area contributed by atoms with Crippen molar-refractivity contribution in [3.05, 3.63) is 40.9 Å². The van der Waals surface area contributed by atoms with Crippen LogP contribution in [-0.2, 0) is 0 Å². The van der Waals surface area contributed by atoms with E-state index in [0.717, 1.165) is 24.4 Å². The minimum Gasteiger partial charge on any atom is -0.394 e. The number of para-hydroxylation sites is 1. The predicted octanol–water partition coefficient (Wildman–Crippen LogP) is 2.25. The summed E-state index contributed by atoms with van der Waals surface area (Å²) in [6.45, 7) is 1.66. The fraction of sp³-hybridized carbons (Fsp3) is 0.438. The normalized spacial score (nSPS) is 15.5. The van der Waals surface area contributed by atoms with Crippen LogP contribution in [0.25, 0.3) is 5.69 Å². The van der Waals surface area contributed by atoms with E-state index >= 15 is 0 Å². The van der Waals surface area contributed by atoms with Crippen molar-refractivity contribution < 1.29 is 9.90 Å². The van der Waals surface area contributed by atoms with Crippen molar-refractivity contribution in [1.82, 2.24) is 19.7 Å². The lowest BCUT2D eigenvalue weighted by Gasteiger charge is -2.21. The first-order valence-electron chi connectivity index (χ1n) is 7.62. The number of carbonyl (C=O) groups excluding carboxylic acids is 1. The number of rotatable bonds is 5. The smallest absolute Gasteiger partial charge is 0.293 e. The third-order valence-electron chi connectivity index (χ3n) is 4.09. The summed E-state index contributed by atoms with van der Waals surface area (Å²) in [6, 6.07) is 7.08. The summed E-state index contributed by atoms with van der Waals surface area (Å²) in [5, 5.41) is 14.2. The Morgan fingerprint density at radius 2 is 2.17 bits per heavy atom. The van der Waals surface area contributed by atoms with Crippen molar-refractivity contribution in [1.29, 1.82) is 0 Å². The molecule has 1 saturated carbocycles. The number of halogens is 1. The van der Waals surface area contributed by atoms with E-state index in [1.165, 1.54) is 4.90 Å². The SMILES string of the molecule is CC(CO)N(C)C(=O)c1nc(C2CC2)n(-c2ccccc2Cl)n1. The van der Waals surface area contributed by atoms with Crippen molar-refractivity contribution in [3.8, 4) is 5.69 Å². The van der Waals surface area contributed by atoms with Gasteiger partial charge in [-0.25, -0.2) is 9.67 Å². The van der Waals surface area contributed by atoms with E-state index in [1.54, 1.807) is 24.7 Å². The lowest BCUT2D eigenvalue weighted by molar-refractivity contribution is 0.0670. The van der Waals surface area contributed by atoms with Gasteiger partial charge in [0.25, 0.3) is 5.91 Å². The van der Waals surface area contributed by atoms with E-state index in [1.807, 2.05) is 18.2 Å². The highest BCUT2D eigenvalue weighted by Crippen LogP contribution is 2.40. The number of hydrogen-bond acceptors (Lipinski definition) is 4. The highest BCUT2D eigenvalue weighted by molar-refractivity contribution is 6.32. The van der Waals surface area contributed by atoms with Crippen molar-refractivity contribution in [2.24, 2.45) is 0 Å². The van der Waals surface area contributed by atoms with E-state index < -0.39 is 0 Å². The Labute approximate surface area is 139 Å². The Morgan fingerprint density at radius 1 is 1.48 bits per heavy atom. The molecule has 0 spiro atoms. The summed E-state index contributed by atoms with van der Waals surface area (Å²) in [5.74, 6) is 0.918. The molecule has 23 heavy (non-hydrogen) atoms. The lowest BCUT2D eigenvalue weighted by atomic mass is 10.3. The Bertz CT molecular complexity index is 727. The Hall–Kier alpha value is -1.92. The highest BCUT2D eigenvalue weighted by atomic mass is 35.5. The van der Waals surface area contributed by atoms with E-state index in [0.29, 0.717) is 10.9 Å². The van der Waals surface area contributed by atoms with Crippen molar-refractivity contribution in [2.45, 2.75) is 31.7 Å². The lowest BCUT2D eigenvalue weighted by Crippen LogP contribution is -2.37. The van der Waals surface area contributed by atoms with Crippen LogP contribution in [-0.4, -0.2) is 50.4 Å². The number of aliphatic hydroxyl groups excluding tert-OH is 1. The van der Waals surface area contributed by atoms with Gasteiger partial charge in [0.05, 0.1) is 23.4 Å². The van der Waals surface area contributed by atoms with E-state index in [9.17, 15) is 9.90 Å². The number of aromatic nitrogens is 3. The largest absolute Gasteiger partial charge is 0.394 e. The molecule has 1 atom stereocenters. The molecule has 1 amide bonds. The predicted molar refractivity (Wildman–Crippen MR) is 87.0 cm³/mol. The van der Waals surface area contributed by atoms with Gasteiger partial charge < -0.3 is 10.0 Å². The summed E-state index contributed by atoms with van der Waals surface area (Å²) in [6.07, 6.45) is 2.08. The molecule has 2 aromatic rings. The van der Waals surface area contributed by atoms with E-state index in [2.05, 4.69) is 10.1 Å². The molecule has 6 nitrogen and oxygen atoms in total. The Balaban J connectivity index is 2.00. The molecule has 1 aliphatic carbocycles. The molecule has 1 N–H and O–H groups in total. The van der Waals surface area contributed by atoms with Gasteiger partial charge in [-0.3, -0.25) is 4.79 Å². The fourth-order valence-electron chi connectivity index (χ4n) is 2.30. The fourth-order valence-corrected chi connectivity index (χ4v) is 2.52. The minimum atomic E-state index is -0.306. The van der Waals surface area contributed by atoms with Crippen LogP contribution < -0.4 is 0 Å². The molecule has 1 fully saturated rings. The molecule has 1 aromatic carbocycles. The summed E-state index contributed by atoms with van der Waals surface area (Å²) in [4.78, 5) is 18.4. The third kappa shape index (κ3) is 3.09. The minimum absolute atomic E-state index is 0.108. The monoisotopic (exact) mass is 334 g/mol. The van der Waals surface area contributed by atoms with Gasteiger partial charge in [-0.2, -0.15) is 0 Å². The van der Waals surface area contributed by atoms with Gasteiger partial charge in [0.15, 0.2) is 0 Å². The van der Waals surface area contributed by atoms with Crippen LogP contribution in [0, 0.1) is 0 Å². The molecule has 1 unspecified atom stereocenters. The number of amides is 1. The molecule has 0 aliphatic heterocycles. The van der Waals surface area contributed by atoms with E-state index in [4.69, 9.17) is 11.6 Å². The summed E-state index contributed by atoms with van der Waals surface area (Å²) >= 11 is 6.26. The van der Waals surface area contributed by atoms with Gasteiger partial charge in [0.1, 0.15) is 5.82 Å². The first-order chi connectivity index (χ1) is 11.0. The maximum atomic E-state index is 12.5. The summed E-state index contributed by atoms with van der Waals surface area (Å²) < 4.78 is 1.67. The molecule has 3 rings (SSSR count). The first-order valence-corrected chi connectivity index (χ1v) is 8.00. The van der Waals surface area contributed by atoms with Gasteiger partial charge >= 0.3 is 0 Å². The number of benzene rings is 1. The van der Waals surface area contributed by atoms with Gasteiger partial charge in [0.2, 0.25) is 5.82 Å². The Morgan fingerprint density at radius 3 is 2.78 bits per heavy atom. The van der Waals surface area contributed by atoms with Crippen LogP contribution in [0.2, 0.25) is 5.02 Å². The molecule has 1 aromatic heterocycles. The standard InChI is InChI=1S/C16H19ClN4O2/c1-10(9-22)20(2)16(23)14-18-15(11-7-8-11)21(19-14)13-6-4-3-5-12(13)17/h3-6,10-11,22H,7-9H2,1-2H3. The molecule has 122 valence electrons. The van der Waals surface area contributed by atoms with Crippen molar-refractivity contribution in [2.75, 3.05) is 13.7 Å². The maximum Gasteiger partial charge on any atom is 0.293 e. The molecular weight excluding hydrogens is 316 g/mol. The van der Waals surface area contributed by atoms with Crippen molar-refractivity contribution >= 4 is 17.5 Å². The van der Waals surface area contributed by atoms with Crippen molar-refractivity contribution in [3.63, 3.8) is 0 Å². The van der Waals surface area contributed by atoms with Crippen LogP contribution in [0.1, 0.15) is 42.1 Å². The second kappa shape index (κ2) is 6.29. The topological polar surface area (TPSA) is 71.2 Å². The number of likely N-dealkylation sites (N-methyl/N-ethyl adjacent to an activating group) is 1. The zero-order valence-electron chi connectivity index (χ0n) is 13.1. The van der Waals surface area contributed by atoms with Crippen LogP contribution in [0.3, 0.4) is 0 Å². The number of hydrogen-bond donors (Lipinski definition) is 1. The molecule has 0 saturated heterocycles.